The third kappa shape index (κ3) is 6.50. The van der Waals surface area contributed by atoms with Crippen LogP contribution in [0.25, 0.3) is 6.08 Å². The maximum absolute atomic E-state index is 4.70. The fourth-order valence-corrected chi connectivity index (χ4v) is 18.8. The molecule has 0 aromatic heterocycles. The molecule has 2 nitrogen and oxygen atoms in total. The second-order valence-electron chi connectivity index (χ2n) is 16.7. The van der Waals surface area contributed by atoms with Crippen molar-refractivity contribution in [3.05, 3.63) is 116 Å². The van der Waals surface area contributed by atoms with E-state index in [1.165, 1.54) is 122 Å². The molecule has 3 heteroatoms. The lowest BCUT2D eigenvalue weighted by atomic mass is 9.68. The molecule has 7 rings (SSSR count). The smallest absolute Gasteiger partial charge is 0.0985 e. The van der Waals surface area contributed by atoms with Gasteiger partial charge < -0.3 is 10.6 Å². The molecule has 266 valence electrons. The second-order valence-corrected chi connectivity index (χ2v) is 20.8. The zero-order valence-electron chi connectivity index (χ0n) is 32.1. The van der Waals surface area contributed by atoms with Crippen LogP contribution in [0.2, 0.25) is 0 Å². The molecular formula is C47H63N2P. The van der Waals surface area contributed by atoms with Crippen molar-refractivity contribution in [2.75, 3.05) is 13.1 Å². The fourth-order valence-electron chi connectivity index (χ4n) is 11.8. The van der Waals surface area contributed by atoms with Gasteiger partial charge >= 0.3 is 0 Å². The molecule has 0 radical (unpaired) electrons. The Labute approximate surface area is 304 Å². The first-order valence-electron chi connectivity index (χ1n) is 20.1. The number of nitrogens with one attached hydrogen (secondary N) is 2. The van der Waals surface area contributed by atoms with Gasteiger partial charge in [-0.1, -0.05) is 104 Å². The van der Waals surface area contributed by atoms with Crippen LogP contribution in [-0.2, 0) is 5.16 Å². The predicted octanol–water partition coefficient (Wildman–Crippen LogP) is 11.9. The lowest BCUT2D eigenvalue weighted by molar-refractivity contribution is 0.390. The summed E-state index contributed by atoms with van der Waals surface area (Å²) < 4.78 is 0. The van der Waals surface area contributed by atoms with E-state index in [-0.39, 0.29) is 5.16 Å². The van der Waals surface area contributed by atoms with Gasteiger partial charge in [-0.3, -0.25) is 0 Å². The van der Waals surface area contributed by atoms with Crippen molar-refractivity contribution in [3.8, 4) is 0 Å². The van der Waals surface area contributed by atoms with E-state index in [2.05, 4.69) is 113 Å². The molecule has 1 saturated heterocycles. The van der Waals surface area contributed by atoms with E-state index in [1.807, 2.05) is 0 Å². The van der Waals surface area contributed by atoms with Crippen LogP contribution in [0.15, 0.2) is 66.0 Å². The molecule has 3 saturated carbocycles. The highest BCUT2D eigenvalue weighted by Gasteiger charge is 2.56. The molecule has 4 aliphatic rings. The van der Waals surface area contributed by atoms with Gasteiger partial charge in [-0.2, -0.15) is 0 Å². The summed E-state index contributed by atoms with van der Waals surface area (Å²) in [7, 11) is 0. The van der Waals surface area contributed by atoms with Crippen LogP contribution < -0.4 is 10.6 Å². The van der Waals surface area contributed by atoms with Crippen LogP contribution in [0.1, 0.15) is 139 Å². The molecule has 2 N–H and O–H groups in total. The van der Waals surface area contributed by atoms with E-state index in [4.69, 9.17) is 5.45 Å². The van der Waals surface area contributed by atoms with Crippen LogP contribution in [0, 0.1) is 41.5 Å². The quantitative estimate of drug-likeness (QED) is 0.252. The highest BCUT2D eigenvalue weighted by Crippen LogP contribution is 2.79. The molecule has 1 aliphatic heterocycles. The maximum atomic E-state index is 4.70. The van der Waals surface area contributed by atoms with Gasteiger partial charge in [-0.25, -0.2) is 0 Å². The van der Waals surface area contributed by atoms with Crippen molar-refractivity contribution in [2.24, 2.45) is 0 Å². The number of hydrogen-bond donors (Lipinski definition) is 2. The first-order chi connectivity index (χ1) is 24.2. The summed E-state index contributed by atoms with van der Waals surface area (Å²) in [5, 5.41) is 7.75. The molecule has 1 heterocycles. The van der Waals surface area contributed by atoms with Crippen LogP contribution in [0.3, 0.4) is 0 Å². The summed E-state index contributed by atoms with van der Waals surface area (Å²) in [5.41, 5.74) is 21.3. The molecule has 3 aliphatic carbocycles. The Morgan fingerprint density at radius 3 is 1.74 bits per heavy atom. The summed E-state index contributed by atoms with van der Waals surface area (Å²) >= 11 is 0. The van der Waals surface area contributed by atoms with Crippen LogP contribution in [0.5, 0.6) is 0 Å². The Morgan fingerprint density at radius 1 is 0.680 bits per heavy atom. The minimum Gasteiger partial charge on any atom is -0.370 e. The molecule has 2 atom stereocenters. The Kier molecular flexibility index (Phi) is 10.6. The Bertz CT molecular complexity index is 1740. The number of hydrogen-bond acceptors (Lipinski definition) is 2. The summed E-state index contributed by atoms with van der Waals surface area (Å²) in [6.07, 6.45) is 20.0. The minimum atomic E-state index is -1.93. The van der Waals surface area contributed by atoms with Crippen molar-refractivity contribution in [2.45, 2.75) is 147 Å². The fraction of sp³-hybridized carbons (Fsp3) is 0.532. The lowest BCUT2D eigenvalue weighted by Gasteiger charge is -2.59. The standard InChI is InChI=1S/C47H63N2P/c1-33-28-35(3)44(36(4)29-33)43-32-47(24-22-42(43)46-48-25-26-49-46,45-37(5)30-34(2)31-38(45)6)50(40-18-12-8-13-19-40,41-20-14-9-15-21-41)27-23-39-16-10-7-11-17-39/h7,10-11,16-17,23,28-31,40-41,43,48-49H,8-9,12-15,18-22,24-26,32H2,1-6H3. The Hall–Kier alpha value is -2.92. The van der Waals surface area contributed by atoms with Gasteiger partial charge in [0.1, 0.15) is 0 Å². The van der Waals surface area contributed by atoms with E-state index >= 15 is 0 Å². The van der Waals surface area contributed by atoms with Gasteiger partial charge in [-0.05, 0) is 155 Å². The molecule has 3 aromatic carbocycles. The molecule has 0 spiro atoms. The topological polar surface area (TPSA) is 24.1 Å². The van der Waals surface area contributed by atoms with E-state index in [0.29, 0.717) is 5.92 Å². The highest BCUT2D eigenvalue weighted by atomic mass is 31.2. The average molecular weight is 687 g/mol. The molecule has 0 bridgehead atoms. The minimum absolute atomic E-state index is 0.0707. The average Bonchev–Trinajstić information content (AvgIpc) is 3.64. The number of rotatable bonds is 6. The molecule has 4 fully saturated rings. The molecule has 3 aromatic rings. The number of aryl methyl sites for hydroxylation is 6. The Morgan fingerprint density at radius 2 is 1.20 bits per heavy atom. The zero-order valence-corrected chi connectivity index (χ0v) is 33.0. The van der Waals surface area contributed by atoms with E-state index < -0.39 is 6.89 Å². The highest BCUT2D eigenvalue weighted by molar-refractivity contribution is 7.77. The molecule has 0 amide bonds. The molecule has 50 heavy (non-hydrogen) atoms. The van der Waals surface area contributed by atoms with E-state index in [1.54, 1.807) is 16.7 Å². The predicted molar refractivity (Wildman–Crippen MR) is 219 cm³/mol. The normalized spacial score (nSPS) is 23.7. The van der Waals surface area contributed by atoms with Gasteiger partial charge in [0.2, 0.25) is 0 Å². The SMILES string of the molecule is Cc1cc(C)c(C2CC(c3c(C)cc(C)cc3C)(P(=C=Cc3ccccc3)(C3CCCCC3)C3CCCCC3)CCC2=C2NCCN2)c(C)c1. The van der Waals surface area contributed by atoms with Crippen molar-refractivity contribution >= 4 is 18.4 Å². The van der Waals surface area contributed by atoms with Crippen molar-refractivity contribution in [3.63, 3.8) is 0 Å². The third-order valence-electron chi connectivity index (χ3n) is 13.3. The summed E-state index contributed by atoms with van der Waals surface area (Å²) in [5.74, 6) is 1.71. The van der Waals surface area contributed by atoms with Gasteiger partial charge in [0, 0.05) is 24.2 Å². The lowest BCUT2D eigenvalue weighted by Crippen LogP contribution is -2.43. The summed E-state index contributed by atoms with van der Waals surface area (Å²) in [4.78, 5) is 0. The van der Waals surface area contributed by atoms with Crippen LogP contribution in [0.4, 0.5) is 0 Å². The summed E-state index contributed by atoms with van der Waals surface area (Å²) in [6, 6.07) is 21.2. The number of benzene rings is 3. The Balaban J connectivity index is 1.60. The zero-order chi connectivity index (χ0) is 34.9. The molecule has 2 unspecified atom stereocenters. The van der Waals surface area contributed by atoms with Crippen LogP contribution in [-0.4, -0.2) is 29.9 Å². The maximum Gasteiger partial charge on any atom is 0.0985 e. The summed E-state index contributed by atoms with van der Waals surface area (Å²) in [6.45, 7) is 14.4. The van der Waals surface area contributed by atoms with Crippen molar-refractivity contribution in [1.82, 2.24) is 10.6 Å². The van der Waals surface area contributed by atoms with E-state index in [9.17, 15) is 0 Å². The van der Waals surface area contributed by atoms with Crippen molar-refractivity contribution in [1.29, 1.82) is 0 Å². The number of allylic oxidation sites excluding steroid dienone is 1. The van der Waals surface area contributed by atoms with Gasteiger partial charge in [0.15, 0.2) is 0 Å². The van der Waals surface area contributed by atoms with Gasteiger partial charge in [0.05, 0.1) is 5.82 Å². The van der Waals surface area contributed by atoms with Crippen LogP contribution >= 0.6 is 6.89 Å². The third-order valence-corrected chi connectivity index (χ3v) is 19.2. The first-order valence-corrected chi connectivity index (χ1v) is 22.1. The largest absolute Gasteiger partial charge is 0.370 e. The van der Waals surface area contributed by atoms with Gasteiger partial charge in [-0.15, -0.1) is 5.45 Å². The van der Waals surface area contributed by atoms with Gasteiger partial charge in [0.25, 0.3) is 0 Å². The monoisotopic (exact) mass is 686 g/mol. The van der Waals surface area contributed by atoms with Crippen molar-refractivity contribution < 1.29 is 0 Å². The molecular weight excluding hydrogens is 624 g/mol. The second kappa shape index (κ2) is 15.0. The van der Waals surface area contributed by atoms with E-state index in [0.717, 1.165) is 30.8 Å². The first kappa shape index (κ1) is 35.5.